The molecule has 3 rings (SSSR count). The van der Waals surface area contributed by atoms with Crippen LogP contribution in [0.15, 0.2) is 29.3 Å². The number of halogens is 1. The maximum Gasteiger partial charge on any atom is 0.276 e. The smallest absolute Gasteiger partial charge is 0.276 e. The molecule has 0 bridgehead atoms. The third-order valence-corrected chi connectivity index (χ3v) is 4.81. The van der Waals surface area contributed by atoms with Gasteiger partial charge in [0, 0.05) is 20.3 Å². The molecule has 2 amide bonds. The van der Waals surface area contributed by atoms with Crippen molar-refractivity contribution in [3.8, 4) is 0 Å². The molecule has 0 saturated carbocycles. The molecule has 3 heterocycles. The Balaban J connectivity index is 1.72. The number of nitrogens with zero attached hydrogens (tertiary/aromatic N) is 6. The minimum absolute atomic E-state index is 0.230. The van der Waals surface area contributed by atoms with Gasteiger partial charge in [-0.15, -0.1) is 0 Å². The molecule has 10 nitrogen and oxygen atoms in total. The third-order valence-electron chi connectivity index (χ3n) is 4.41. The molecule has 0 aliphatic rings. The maximum atomic E-state index is 12.7. The zero-order valence-electron chi connectivity index (χ0n) is 16.0. The summed E-state index contributed by atoms with van der Waals surface area (Å²) in [6.45, 7) is 4.05. The topological polar surface area (TPSA) is 112 Å². The van der Waals surface area contributed by atoms with Crippen molar-refractivity contribution in [2.75, 3.05) is 10.6 Å². The zero-order valence-corrected chi connectivity index (χ0v) is 17.6. The van der Waals surface area contributed by atoms with E-state index < -0.39 is 0 Å². The quantitative estimate of drug-likeness (QED) is 0.598. The van der Waals surface area contributed by atoms with Crippen LogP contribution in [0.1, 0.15) is 23.1 Å². The van der Waals surface area contributed by atoms with Gasteiger partial charge in [0.05, 0.1) is 52.6 Å². The first-order valence-corrected chi connectivity index (χ1v) is 9.36. The number of carbonyl (C=O) groups is 2. The van der Waals surface area contributed by atoms with Crippen LogP contribution in [0.2, 0.25) is 0 Å². The van der Waals surface area contributed by atoms with Crippen molar-refractivity contribution in [3.05, 3.63) is 40.6 Å². The van der Waals surface area contributed by atoms with Gasteiger partial charge in [0.1, 0.15) is 5.69 Å². The molecule has 2 N–H and O–H groups in total. The Morgan fingerprint density at radius 3 is 2.36 bits per heavy atom. The lowest BCUT2D eigenvalue weighted by Gasteiger charge is -2.13. The Kier molecular flexibility index (Phi) is 5.63. The number of aromatic nitrogens is 6. The predicted octanol–water partition coefficient (Wildman–Crippen LogP) is 1.95. The van der Waals surface area contributed by atoms with Crippen molar-refractivity contribution in [3.63, 3.8) is 0 Å². The van der Waals surface area contributed by atoms with Crippen LogP contribution in [-0.4, -0.2) is 41.2 Å². The molecule has 3 aromatic heterocycles. The Morgan fingerprint density at radius 1 is 1.07 bits per heavy atom. The summed E-state index contributed by atoms with van der Waals surface area (Å²) >= 11 is 3.33. The number of amides is 2. The monoisotopic (exact) mass is 448 g/mol. The molecule has 148 valence electrons. The summed E-state index contributed by atoms with van der Waals surface area (Å²) in [4.78, 5) is 25.3. The molecule has 0 aliphatic heterocycles. The van der Waals surface area contributed by atoms with E-state index in [0.717, 1.165) is 10.2 Å². The lowest BCUT2D eigenvalue weighted by Crippen LogP contribution is -2.26. The standard InChI is InChI=1S/C17H21BrN8O2/c1-10(8-26-9-12(18)5-21-26)16(27)23-14-7-20-25(4)15(14)17(28)22-13-6-19-24(3)11(13)2/h5-7,9-10H,8H2,1-4H3,(H,22,28)(H,23,27). The van der Waals surface area contributed by atoms with Gasteiger partial charge in [-0.2, -0.15) is 15.3 Å². The fraction of sp³-hybridized carbons (Fsp3) is 0.353. The van der Waals surface area contributed by atoms with Crippen molar-refractivity contribution in [1.82, 2.24) is 29.3 Å². The molecule has 28 heavy (non-hydrogen) atoms. The highest BCUT2D eigenvalue weighted by atomic mass is 79.9. The van der Waals surface area contributed by atoms with Gasteiger partial charge in [0.15, 0.2) is 0 Å². The molecule has 1 unspecified atom stereocenters. The molecule has 3 aromatic rings. The van der Waals surface area contributed by atoms with Crippen LogP contribution in [-0.2, 0) is 25.4 Å². The first-order chi connectivity index (χ1) is 13.3. The summed E-state index contributed by atoms with van der Waals surface area (Å²) in [5, 5.41) is 18.0. The van der Waals surface area contributed by atoms with Crippen LogP contribution in [0.5, 0.6) is 0 Å². The van der Waals surface area contributed by atoms with E-state index in [-0.39, 0.29) is 23.4 Å². The Bertz CT molecular complexity index is 1020. The van der Waals surface area contributed by atoms with Crippen molar-refractivity contribution < 1.29 is 9.59 Å². The Morgan fingerprint density at radius 2 is 1.75 bits per heavy atom. The molecule has 0 aromatic carbocycles. The molecular weight excluding hydrogens is 428 g/mol. The fourth-order valence-electron chi connectivity index (χ4n) is 2.66. The van der Waals surface area contributed by atoms with Crippen LogP contribution < -0.4 is 10.6 Å². The maximum absolute atomic E-state index is 12.7. The average molecular weight is 449 g/mol. The summed E-state index contributed by atoms with van der Waals surface area (Å²) in [6, 6.07) is 0. The minimum atomic E-state index is -0.380. The van der Waals surface area contributed by atoms with Crippen LogP contribution in [0, 0.1) is 12.8 Å². The molecule has 0 radical (unpaired) electrons. The van der Waals surface area contributed by atoms with Gasteiger partial charge in [0.2, 0.25) is 5.91 Å². The van der Waals surface area contributed by atoms with Gasteiger partial charge in [-0.25, -0.2) is 0 Å². The number of anilines is 2. The SMILES string of the molecule is Cc1c(NC(=O)c2c(NC(=O)C(C)Cn3cc(Br)cn3)cnn2C)cnn1C. The molecule has 0 aliphatic carbocycles. The fourth-order valence-corrected chi connectivity index (χ4v) is 2.99. The van der Waals surface area contributed by atoms with Gasteiger partial charge < -0.3 is 10.6 Å². The number of hydrogen-bond donors (Lipinski definition) is 2. The van der Waals surface area contributed by atoms with Gasteiger partial charge in [-0.05, 0) is 22.9 Å². The highest BCUT2D eigenvalue weighted by molar-refractivity contribution is 9.10. The molecular formula is C17H21BrN8O2. The van der Waals surface area contributed by atoms with Crippen LogP contribution in [0.25, 0.3) is 0 Å². The van der Waals surface area contributed by atoms with E-state index in [1.54, 1.807) is 49.0 Å². The summed E-state index contributed by atoms with van der Waals surface area (Å²) in [5.74, 6) is -0.968. The van der Waals surface area contributed by atoms with Crippen molar-refractivity contribution in [2.45, 2.75) is 20.4 Å². The summed E-state index contributed by atoms with van der Waals surface area (Å²) < 4.78 is 5.61. The summed E-state index contributed by atoms with van der Waals surface area (Å²) in [7, 11) is 3.44. The second-order valence-electron chi connectivity index (χ2n) is 6.52. The molecule has 0 saturated heterocycles. The molecule has 0 fully saturated rings. The van der Waals surface area contributed by atoms with E-state index in [2.05, 4.69) is 41.9 Å². The number of nitrogens with one attached hydrogen (secondary N) is 2. The van der Waals surface area contributed by atoms with E-state index in [4.69, 9.17) is 0 Å². The van der Waals surface area contributed by atoms with Gasteiger partial charge in [-0.3, -0.25) is 23.6 Å². The third kappa shape index (κ3) is 4.14. The Labute approximate surface area is 170 Å². The lowest BCUT2D eigenvalue weighted by molar-refractivity contribution is -0.119. The first kappa shape index (κ1) is 19.8. The van der Waals surface area contributed by atoms with E-state index in [0.29, 0.717) is 17.9 Å². The minimum Gasteiger partial charge on any atom is -0.322 e. The molecule has 1 atom stereocenters. The number of rotatable bonds is 6. The van der Waals surface area contributed by atoms with Crippen molar-refractivity contribution in [2.24, 2.45) is 20.0 Å². The average Bonchev–Trinajstić information content (AvgIpc) is 3.30. The highest BCUT2D eigenvalue weighted by Gasteiger charge is 2.22. The van der Waals surface area contributed by atoms with Crippen molar-refractivity contribution in [1.29, 1.82) is 0 Å². The Hall–Kier alpha value is -2.95. The number of aryl methyl sites for hydroxylation is 2. The van der Waals surface area contributed by atoms with Gasteiger partial charge in [0.25, 0.3) is 5.91 Å². The van der Waals surface area contributed by atoms with E-state index >= 15 is 0 Å². The highest BCUT2D eigenvalue weighted by Crippen LogP contribution is 2.19. The molecule has 0 spiro atoms. The summed E-state index contributed by atoms with van der Waals surface area (Å²) in [6.07, 6.45) is 6.49. The number of hydrogen-bond acceptors (Lipinski definition) is 5. The van der Waals surface area contributed by atoms with Crippen LogP contribution in [0.3, 0.4) is 0 Å². The van der Waals surface area contributed by atoms with E-state index in [1.165, 1.54) is 10.9 Å². The lowest BCUT2D eigenvalue weighted by atomic mass is 10.1. The van der Waals surface area contributed by atoms with E-state index in [9.17, 15) is 9.59 Å². The molecule has 11 heteroatoms. The van der Waals surface area contributed by atoms with Crippen LogP contribution in [0.4, 0.5) is 11.4 Å². The zero-order chi connectivity index (χ0) is 20.4. The number of carbonyl (C=O) groups excluding carboxylic acids is 2. The second kappa shape index (κ2) is 7.97. The van der Waals surface area contributed by atoms with Gasteiger partial charge in [-0.1, -0.05) is 6.92 Å². The summed E-state index contributed by atoms with van der Waals surface area (Å²) in [5.41, 5.74) is 2.02. The second-order valence-corrected chi connectivity index (χ2v) is 7.44. The van der Waals surface area contributed by atoms with E-state index in [1.807, 2.05) is 6.92 Å². The largest absolute Gasteiger partial charge is 0.322 e. The van der Waals surface area contributed by atoms with Gasteiger partial charge >= 0.3 is 0 Å². The van der Waals surface area contributed by atoms with Crippen LogP contribution >= 0.6 is 15.9 Å². The normalized spacial score (nSPS) is 12.0. The predicted molar refractivity (Wildman–Crippen MR) is 107 cm³/mol. The van der Waals surface area contributed by atoms with Crippen molar-refractivity contribution >= 4 is 39.1 Å². The first-order valence-electron chi connectivity index (χ1n) is 8.57.